The number of aliphatic hydroxyl groups is 10. The van der Waals surface area contributed by atoms with E-state index in [1.165, 1.54) is 6.92 Å². The Hall–Kier alpha value is 0.722. The number of nitrogens with one attached hydrogen (secondary N) is 1. The Morgan fingerprint density at radius 1 is 0.553 bits per heavy atom. The Kier molecular flexibility index (Phi) is 16.6. The predicted octanol–water partition coefficient (Wildman–Crippen LogP) is -4.74. The fraction of sp³-hybridized carbons (Fsp3) is 1.00. The Bertz CT molecular complexity index is 945. The minimum atomic E-state index is -1.80. The van der Waals surface area contributed by atoms with Crippen LogP contribution in [-0.4, -0.2) is 193 Å². The van der Waals surface area contributed by atoms with Crippen molar-refractivity contribution in [2.45, 2.75) is 156 Å². The van der Waals surface area contributed by atoms with Crippen LogP contribution in [0.1, 0.15) is 33.6 Å². The summed E-state index contributed by atoms with van der Waals surface area (Å²) in [7, 11) is 0. The van der Waals surface area contributed by atoms with Crippen molar-refractivity contribution < 1.29 is 128 Å². The molecule has 0 amide bonds. The van der Waals surface area contributed by atoms with Crippen molar-refractivity contribution in [2.75, 3.05) is 19.8 Å². The average molecular weight is 900 g/mol. The zero-order valence-corrected chi connectivity index (χ0v) is 31.2. The van der Waals surface area contributed by atoms with Gasteiger partial charge in [0.1, 0.15) is 73.2 Å². The first-order valence-corrected chi connectivity index (χ1v) is 15.7. The molecule has 273 valence electrons. The maximum atomic E-state index is 11.0. The van der Waals surface area contributed by atoms with Gasteiger partial charge < -0.3 is 90.0 Å². The topological polar surface area (TPSA) is 291 Å². The molecule has 11 N–H and O–H groups in total. The summed E-state index contributed by atoms with van der Waals surface area (Å²) in [5, 5.41) is 103. The van der Waals surface area contributed by atoms with E-state index in [1.54, 1.807) is 13.8 Å². The first kappa shape index (κ1) is 42.1. The maximum absolute atomic E-state index is 11.0. The van der Waals surface area contributed by atoms with Crippen LogP contribution in [-0.2, 0) is 33.2 Å². The molecule has 1 radical (unpaired) electrons. The number of ether oxygens (including phenoxy) is 7. The van der Waals surface area contributed by atoms with Gasteiger partial charge in [0.25, 0.3) is 0 Å². The number of aliphatic hydroxyl groups excluding tert-OH is 10. The zero-order chi connectivity index (χ0) is 34.0. The van der Waals surface area contributed by atoms with Gasteiger partial charge in [-0.1, -0.05) is 13.0 Å². The molecule has 13 unspecified atom stereocenters. The number of hydrogen-bond acceptors (Lipinski definition) is 17. The van der Waals surface area contributed by atoms with Gasteiger partial charge in [0.05, 0.1) is 37.6 Å². The molecule has 0 aliphatic carbocycles. The summed E-state index contributed by atoms with van der Waals surface area (Å²) in [6.07, 6.45) is -25.3. The maximum Gasteiger partial charge on any atom is 0.187 e. The van der Waals surface area contributed by atoms with Gasteiger partial charge >= 0.3 is 0 Å². The van der Waals surface area contributed by atoms with Crippen LogP contribution in [0, 0.1) is 44.1 Å². The van der Waals surface area contributed by atoms with E-state index in [0.29, 0.717) is 6.42 Å². The molecular weight excluding hydrogens is 849 g/mol. The van der Waals surface area contributed by atoms with Crippen LogP contribution in [0.5, 0.6) is 0 Å². The first-order chi connectivity index (χ1) is 21.7. The zero-order valence-electron chi connectivity index (χ0n) is 26.5. The van der Waals surface area contributed by atoms with E-state index in [0.717, 1.165) is 0 Å². The largest absolute Gasteiger partial charge is 0.670 e. The van der Waals surface area contributed by atoms with E-state index in [1.807, 2.05) is 0 Å². The SMILES string of the molecule is CCC1OC(CO)[C@H](O[C@@H]2OC(CO)[C@H](O)C(O)C2O[C@@H]2OC(C)[C@H](O)C(O)C2O)C(OCC[C@H]2OC(C)[C@@H](O)C(O)C2O)C1[NH-].[Ac]. The van der Waals surface area contributed by atoms with Crippen LogP contribution >= 0.6 is 0 Å². The van der Waals surface area contributed by atoms with Crippen LogP contribution in [0.25, 0.3) is 5.73 Å². The van der Waals surface area contributed by atoms with Crippen LogP contribution in [0.3, 0.4) is 0 Å². The van der Waals surface area contributed by atoms with E-state index in [2.05, 4.69) is 0 Å². The molecule has 0 bridgehead atoms. The third-order valence-corrected chi connectivity index (χ3v) is 9.26. The standard InChI is InChI=1S/C28H50NO17.Ac/c1-4-11-15(29)25(40-6-5-12-18(34)20(36)16(32)9(2)41-12)24(14(8-31)43-11)45-28-26(22(38)19(35)13(7-30)44-28)46-27-23(39)21(37)17(33)10(3)42-27;/h9-39H,4-8H2,1-3H3;/q-1;/t9?,10?,11?,12-,13?,14?,15?,16-,17+,18?,19+,20?,21?,22?,23?,24+,25?,26?,27+,28+;/m1./s1. The molecule has 4 saturated heterocycles. The molecule has 4 rings (SSSR count). The summed E-state index contributed by atoms with van der Waals surface area (Å²) >= 11 is 0. The fourth-order valence-electron chi connectivity index (χ4n) is 6.32. The molecule has 19 heteroatoms. The molecule has 18 nitrogen and oxygen atoms in total. The molecule has 0 aromatic heterocycles. The second-order valence-electron chi connectivity index (χ2n) is 12.4. The molecule has 0 aromatic carbocycles. The summed E-state index contributed by atoms with van der Waals surface area (Å²) in [6, 6.07) is -1.09. The normalized spacial score (nSPS) is 50.9. The monoisotopic (exact) mass is 899 g/mol. The quantitative estimate of drug-likeness (QED) is 0.0932. The third-order valence-electron chi connectivity index (χ3n) is 9.26. The second kappa shape index (κ2) is 18.5. The molecule has 0 aromatic rings. The van der Waals surface area contributed by atoms with Crippen LogP contribution in [0.4, 0.5) is 0 Å². The van der Waals surface area contributed by atoms with Gasteiger partial charge in [-0.15, -0.1) is 0 Å². The van der Waals surface area contributed by atoms with Crippen molar-refractivity contribution in [2.24, 2.45) is 0 Å². The van der Waals surface area contributed by atoms with E-state index in [9.17, 15) is 51.1 Å². The molecule has 4 fully saturated rings. The van der Waals surface area contributed by atoms with E-state index in [-0.39, 0.29) is 57.1 Å². The van der Waals surface area contributed by atoms with Gasteiger partial charge in [-0.25, -0.2) is 0 Å². The third kappa shape index (κ3) is 9.21. The Morgan fingerprint density at radius 2 is 1.11 bits per heavy atom. The van der Waals surface area contributed by atoms with Gasteiger partial charge in [0, 0.05) is 56.8 Å². The van der Waals surface area contributed by atoms with Gasteiger partial charge in [-0.3, -0.25) is 0 Å². The summed E-state index contributed by atoms with van der Waals surface area (Å²) < 4.78 is 40.8. The van der Waals surface area contributed by atoms with Crippen LogP contribution in [0.15, 0.2) is 0 Å². The number of hydrogen-bond donors (Lipinski definition) is 10. The minimum absolute atomic E-state index is 0. The van der Waals surface area contributed by atoms with Crippen molar-refractivity contribution in [3.8, 4) is 0 Å². The smallest absolute Gasteiger partial charge is 0.187 e. The molecule has 47 heavy (non-hydrogen) atoms. The Balaban J connectivity index is 0.00000600. The molecule has 4 aliphatic heterocycles. The van der Waals surface area contributed by atoms with E-state index < -0.39 is 136 Å². The first-order valence-electron chi connectivity index (χ1n) is 15.7. The Morgan fingerprint density at radius 3 is 1.70 bits per heavy atom. The summed E-state index contributed by atoms with van der Waals surface area (Å²) in [5.74, 6) is 0. The van der Waals surface area contributed by atoms with Gasteiger partial charge in [-0.05, 0) is 26.7 Å². The molecule has 4 heterocycles. The second-order valence-corrected chi connectivity index (χ2v) is 12.4. The Labute approximate surface area is 308 Å². The molecule has 0 saturated carbocycles. The predicted molar refractivity (Wildman–Crippen MR) is 151 cm³/mol. The van der Waals surface area contributed by atoms with Crippen molar-refractivity contribution in [1.29, 1.82) is 0 Å². The van der Waals surface area contributed by atoms with Crippen molar-refractivity contribution >= 4 is 0 Å². The molecular formula is C28H50AcNO17-. The fourth-order valence-corrected chi connectivity index (χ4v) is 6.32. The van der Waals surface area contributed by atoms with Crippen molar-refractivity contribution in [3.63, 3.8) is 0 Å². The minimum Gasteiger partial charge on any atom is -0.670 e. The van der Waals surface area contributed by atoms with Crippen molar-refractivity contribution in [1.82, 2.24) is 0 Å². The molecule has 4 aliphatic rings. The number of rotatable bonds is 11. The van der Waals surface area contributed by atoms with Gasteiger partial charge in [0.15, 0.2) is 12.6 Å². The molecule has 0 spiro atoms. The summed E-state index contributed by atoms with van der Waals surface area (Å²) in [6.45, 7) is 3.26. The van der Waals surface area contributed by atoms with Gasteiger partial charge in [-0.2, -0.15) is 0 Å². The van der Waals surface area contributed by atoms with Crippen LogP contribution < -0.4 is 0 Å². The average Bonchev–Trinajstić information content (AvgIpc) is 3.04. The van der Waals surface area contributed by atoms with Crippen molar-refractivity contribution in [3.05, 3.63) is 5.73 Å². The van der Waals surface area contributed by atoms with E-state index >= 15 is 0 Å². The molecule has 20 atom stereocenters. The van der Waals surface area contributed by atoms with Crippen LogP contribution in [0.2, 0.25) is 0 Å². The van der Waals surface area contributed by atoms with Gasteiger partial charge in [0.2, 0.25) is 0 Å². The van der Waals surface area contributed by atoms with E-state index in [4.69, 9.17) is 38.9 Å². The summed E-state index contributed by atoms with van der Waals surface area (Å²) in [4.78, 5) is 0. The summed E-state index contributed by atoms with van der Waals surface area (Å²) in [5.41, 5.74) is 8.87.